The molecule has 0 atom stereocenters. The van der Waals surface area contributed by atoms with Crippen LogP contribution in [0.4, 0.5) is 0 Å². The SMILES string of the molecule is CCOC(=O)COC1(c2ccc(OCc3cccc(-c4ccc(SC(C)C)cc4)c3)cc2)COC1. The predicted molar refractivity (Wildman–Crippen MR) is 139 cm³/mol. The molecule has 1 fully saturated rings. The summed E-state index contributed by atoms with van der Waals surface area (Å²) in [6, 6.07) is 24.9. The van der Waals surface area contributed by atoms with Gasteiger partial charge in [-0.25, -0.2) is 4.79 Å². The number of carbonyl (C=O) groups excluding carboxylic acids is 1. The first-order valence-electron chi connectivity index (χ1n) is 11.9. The van der Waals surface area contributed by atoms with Crippen molar-refractivity contribution in [3.63, 3.8) is 0 Å². The highest BCUT2D eigenvalue weighted by Crippen LogP contribution is 2.35. The summed E-state index contributed by atoms with van der Waals surface area (Å²) >= 11 is 1.87. The van der Waals surface area contributed by atoms with E-state index in [2.05, 4.69) is 62.4 Å². The summed E-state index contributed by atoms with van der Waals surface area (Å²) in [5.41, 5.74) is 3.83. The third-order valence-corrected chi connectivity index (χ3v) is 6.73. The van der Waals surface area contributed by atoms with Crippen molar-refractivity contribution in [2.24, 2.45) is 0 Å². The monoisotopic (exact) mass is 492 g/mol. The van der Waals surface area contributed by atoms with Crippen molar-refractivity contribution < 1.29 is 23.7 Å². The summed E-state index contributed by atoms with van der Waals surface area (Å²) in [6.45, 7) is 7.73. The summed E-state index contributed by atoms with van der Waals surface area (Å²) in [5, 5.41) is 0.570. The van der Waals surface area contributed by atoms with Gasteiger partial charge in [0.1, 0.15) is 24.6 Å². The smallest absolute Gasteiger partial charge is 0.332 e. The van der Waals surface area contributed by atoms with E-state index in [1.807, 2.05) is 36.0 Å². The normalized spacial score (nSPS) is 14.4. The summed E-state index contributed by atoms with van der Waals surface area (Å²) in [5.74, 6) is 0.404. The maximum absolute atomic E-state index is 11.7. The van der Waals surface area contributed by atoms with E-state index in [-0.39, 0.29) is 12.6 Å². The van der Waals surface area contributed by atoms with Crippen molar-refractivity contribution >= 4 is 17.7 Å². The number of ether oxygens (including phenoxy) is 4. The molecular weight excluding hydrogens is 460 g/mol. The van der Waals surface area contributed by atoms with E-state index in [1.54, 1.807) is 6.92 Å². The second-order valence-electron chi connectivity index (χ2n) is 8.79. The van der Waals surface area contributed by atoms with Crippen LogP contribution < -0.4 is 4.74 Å². The number of carbonyl (C=O) groups is 1. The molecule has 3 aromatic carbocycles. The standard InChI is InChI=1S/C29H32O5S/c1-4-32-28(30)18-34-29(19-31-20-29)25-10-12-26(13-11-25)33-17-22-6-5-7-24(16-22)23-8-14-27(15-9-23)35-21(2)3/h5-16,21H,4,17-20H2,1-3H3. The van der Waals surface area contributed by atoms with Crippen LogP contribution in [0.3, 0.4) is 0 Å². The Morgan fingerprint density at radius 1 is 1.00 bits per heavy atom. The van der Waals surface area contributed by atoms with Gasteiger partial charge in [0.15, 0.2) is 0 Å². The minimum absolute atomic E-state index is 0.0922. The number of esters is 1. The molecule has 0 amide bonds. The lowest BCUT2D eigenvalue weighted by Crippen LogP contribution is -2.49. The van der Waals surface area contributed by atoms with Crippen molar-refractivity contribution in [2.45, 2.75) is 43.1 Å². The Labute approximate surface area is 211 Å². The Morgan fingerprint density at radius 3 is 2.37 bits per heavy atom. The van der Waals surface area contributed by atoms with E-state index in [1.165, 1.54) is 16.0 Å². The molecule has 0 N–H and O–H groups in total. The van der Waals surface area contributed by atoms with Crippen LogP contribution in [-0.2, 0) is 31.2 Å². The zero-order chi connectivity index (χ0) is 24.7. The van der Waals surface area contributed by atoms with Gasteiger partial charge in [-0.3, -0.25) is 0 Å². The fourth-order valence-corrected chi connectivity index (χ4v) is 4.72. The minimum atomic E-state index is -0.608. The molecule has 0 unspecified atom stereocenters. The molecule has 184 valence electrons. The summed E-state index contributed by atoms with van der Waals surface area (Å²) < 4.78 is 22.3. The Bertz CT molecular complexity index is 1100. The van der Waals surface area contributed by atoms with E-state index in [9.17, 15) is 4.79 Å². The van der Waals surface area contributed by atoms with Crippen molar-refractivity contribution in [1.82, 2.24) is 0 Å². The Morgan fingerprint density at radius 2 is 1.74 bits per heavy atom. The molecule has 0 saturated carbocycles. The predicted octanol–water partition coefficient (Wildman–Crippen LogP) is 6.24. The molecule has 1 aliphatic heterocycles. The lowest BCUT2D eigenvalue weighted by atomic mass is 9.91. The molecule has 4 rings (SSSR count). The molecule has 1 heterocycles. The van der Waals surface area contributed by atoms with Crippen molar-refractivity contribution in [3.8, 4) is 16.9 Å². The first-order chi connectivity index (χ1) is 17.0. The van der Waals surface area contributed by atoms with Crippen LogP contribution in [0.1, 0.15) is 31.9 Å². The maximum Gasteiger partial charge on any atom is 0.332 e. The van der Waals surface area contributed by atoms with Gasteiger partial charge in [0, 0.05) is 10.1 Å². The van der Waals surface area contributed by atoms with Crippen molar-refractivity contribution in [2.75, 3.05) is 26.4 Å². The molecule has 0 aliphatic carbocycles. The molecule has 0 spiro atoms. The van der Waals surface area contributed by atoms with Crippen LogP contribution in [0.5, 0.6) is 5.75 Å². The highest BCUT2D eigenvalue weighted by molar-refractivity contribution is 7.99. The molecule has 3 aromatic rings. The highest BCUT2D eigenvalue weighted by atomic mass is 32.2. The van der Waals surface area contributed by atoms with Crippen molar-refractivity contribution in [1.29, 1.82) is 0 Å². The zero-order valence-electron chi connectivity index (χ0n) is 20.5. The van der Waals surface area contributed by atoms with E-state index in [4.69, 9.17) is 18.9 Å². The van der Waals surface area contributed by atoms with Gasteiger partial charge in [-0.1, -0.05) is 56.3 Å². The van der Waals surface area contributed by atoms with Crippen LogP contribution >= 0.6 is 11.8 Å². The molecule has 5 nitrogen and oxygen atoms in total. The average Bonchev–Trinajstić information content (AvgIpc) is 2.83. The van der Waals surface area contributed by atoms with E-state index in [0.717, 1.165) is 16.9 Å². The number of hydrogen-bond donors (Lipinski definition) is 0. The Kier molecular flexibility index (Phi) is 8.50. The zero-order valence-corrected chi connectivity index (χ0v) is 21.3. The Balaban J connectivity index is 1.36. The van der Waals surface area contributed by atoms with Crippen LogP contribution in [0.2, 0.25) is 0 Å². The van der Waals surface area contributed by atoms with Gasteiger partial charge in [0.25, 0.3) is 0 Å². The number of thioether (sulfide) groups is 1. The summed E-state index contributed by atoms with van der Waals surface area (Å²) in [4.78, 5) is 13.0. The second kappa shape index (κ2) is 11.8. The molecule has 1 saturated heterocycles. The van der Waals surface area contributed by atoms with Gasteiger partial charge in [-0.15, -0.1) is 11.8 Å². The number of benzene rings is 3. The van der Waals surface area contributed by atoms with Crippen LogP contribution in [0, 0.1) is 0 Å². The summed E-state index contributed by atoms with van der Waals surface area (Å²) in [6.07, 6.45) is 0. The van der Waals surface area contributed by atoms with Gasteiger partial charge in [0.2, 0.25) is 0 Å². The fourth-order valence-electron chi connectivity index (χ4n) is 3.88. The van der Waals surface area contributed by atoms with Gasteiger partial charge < -0.3 is 18.9 Å². The Hall–Kier alpha value is -2.80. The fraction of sp³-hybridized carbons (Fsp3) is 0.345. The highest BCUT2D eigenvalue weighted by Gasteiger charge is 2.42. The van der Waals surface area contributed by atoms with Crippen LogP contribution in [0.15, 0.2) is 77.7 Å². The molecule has 0 aromatic heterocycles. The van der Waals surface area contributed by atoms with Crippen LogP contribution in [0.25, 0.3) is 11.1 Å². The first kappa shape index (κ1) is 25.3. The van der Waals surface area contributed by atoms with Gasteiger partial charge in [0.05, 0.1) is 19.8 Å². The lowest BCUT2D eigenvalue weighted by Gasteiger charge is -2.41. The lowest BCUT2D eigenvalue weighted by molar-refractivity contribution is -0.221. The topological polar surface area (TPSA) is 54.0 Å². The van der Waals surface area contributed by atoms with E-state index >= 15 is 0 Å². The molecular formula is C29H32O5S. The van der Waals surface area contributed by atoms with Crippen molar-refractivity contribution in [3.05, 3.63) is 83.9 Å². The molecule has 0 radical (unpaired) electrons. The van der Waals surface area contributed by atoms with E-state index < -0.39 is 5.60 Å². The van der Waals surface area contributed by atoms with Crippen LogP contribution in [-0.4, -0.2) is 37.6 Å². The van der Waals surface area contributed by atoms with Gasteiger partial charge in [-0.05, 0) is 59.5 Å². The minimum Gasteiger partial charge on any atom is -0.489 e. The number of rotatable bonds is 11. The average molecular weight is 493 g/mol. The quantitative estimate of drug-likeness (QED) is 0.233. The number of hydrogen-bond acceptors (Lipinski definition) is 6. The molecule has 35 heavy (non-hydrogen) atoms. The second-order valence-corrected chi connectivity index (χ2v) is 10.4. The largest absolute Gasteiger partial charge is 0.489 e. The third-order valence-electron chi connectivity index (χ3n) is 5.71. The molecule has 6 heteroatoms. The van der Waals surface area contributed by atoms with Gasteiger partial charge in [-0.2, -0.15) is 0 Å². The molecule has 1 aliphatic rings. The van der Waals surface area contributed by atoms with E-state index in [0.29, 0.717) is 31.7 Å². The van der Waals surface area contributed by atoms with Gasteiger partial charge >= 0.3 is 5.97 Å². The third kappa shape index (κ3) is 6.66. The maximum atomic E-state index is 11.7. The molecule has 0 bridgehead atoms. The first-order valence-corrected chi connectivity index (χ1v) is 12.8. The summed E-state index contributed by atoms with van der Waals surface area (Å²) in [7, 11) is 0.